The molecule has 5 rings (SSSR count). The van der Waals surface area contributed by atoms with E-state index in [2.05, 4.69) is 30.8 Å². The minimum absolute atomic E-state index is 0.532. The van der Waals surface area contributed by atoms with Gasteiger partial charge < -0.3 is 5.32 Å². The van der Waals surface area contributed by atoms with Crippen molar-refractivity contribution in [2.45, 2.75) is 47.5 Å². The normalized spacial score (nSPS) is 15.4. The van der Waals surface area contributed by atoms with Gasteiger partial charge in [-0.2, -0.15) is 21.0 Å². The van der Waals surface area contributed by atoms with Crippen molar-refractivity contribution < 1.29 is 0 Å². The molecule has 0 unspecified atom stereocenters. The molecule has 0 aromatic carbocycles. The summed E-state index contributed by atoms with van der Waals surface area (Å²) in [7, 11) is 0. The molecule has 1 saturated carbocycles. The summed E-state index contributed by atoms with van der Waals surface area (Å²) < 4.78 is 2.66. The molecule has 27 heavy (non-hydrogen) atoms. The van der Waals surface area contributed by atoms with E-state index < -0.39 is 0 Å². The SMILES string of the molecule is c1cc(-c2nnc3ccc(Sc4nnc(NC5CCCCC5)s4)nn23)cs1. The maximum Gasteiger partial charge on any atom is 0.206 e. The zero-order valence-electron chi connectivity index (χ0n) is 14.4. The number of hydrogen-bond donors (Lipinski definition) is 1. The van der Waals surface area contributed by atoms with Crippen LogP contribution in [0.25, 0.3) is 17.0 Å². The van der Waals surface area contributed by atoms with Crippen LogP contribution >= 0.6 is 34.4 Å². The Hall–Kier alpha value is -2.04. The van der Waals surface area contributed by atoms with Gasteiger partial charge in [-0.25, -0.2) is 0 Å². The zero-order valence-corrected chi connectivity index (χ0v) is 16.9. The largest absolute Gasteiger partial charge is 0.357 e. The molecular formula is C17H17N7S3. The number of rotatable bonds is 5. The Morgan fingerprint density at radius 1 is 1.04 bits per heavy atom. The van der Waals surface area contributed by atoms with Crippen LogP contribution < -0.4 is 5.32 Å². The van der Waals surface area contributed by atoms with E-state index in [-0.39, 0.29) is 0 Å². The molecule has 0 spiro atoms. The van der Waals surface area contributed by atoms with Crippen LogP contribution in [0.2, 0.25) is 0 Å². The van der Waals surface area contributed by atoms with Gasteiger partial charge >= 0.3 is 0 Å². The van der Waals surface area contributed by atoms with Crippen LogP contribution in [0.4, 0.5) is 5.13 Å². The second-order valence-corrected chi connectivity index (χ2v) is 9.46. The average molecular weight is 416 g/mol. The Labute approximate surface area is 168 Å². The highest BCUT2D eigenvalue weighted by Gasteiger charge is 2.16. The van der Waals surface area contributed by atoms with Gasteiger partial charge in [0.05, 0.1) is 0 Å². The summed E-state index contributed by atoms with van der Waals surface area (Å²) >= 11 is 4.73. The summed E-state index contributed by atoms with van der Waals surface area (Å²) in [5, 5.41) is 31.1. The van der Waals surface area contributed by atoms with Crippen LogP contribution in [0.1, 0.15) is 32.1 Å². The summed E-state index contributed by atoms with van der Waals surface area (Å²) in [5.74, 6) is 0.755. The lowest BCUT2D eigenvalue weighted by atomic mass is 9.96. The maximum atomic E-state index is 4.69. The molecule has 0 atom stereocenters. The van der Waals surface area contributed by atoms with Crippen LogP contribution in [0, 0.1) is 0 Å². The first-order valence-electron chi connectivity index (χ1n) is 8.88. The Morgan fingerprint density at radius 2 is 1.96 bits per heavy atom. The average Bonchev–Trinajstić information content (AvgIpc) is 3.43. The Kier molecular flexibility index (Phi) is 4.76. The lowest BCUT2D eigenvalue weighted by Crippen LogP contribution is -2.21. The molecule has 0 saturated heterocycles. The van der Waals surface area contributed by atoms with E-state index >= 15 is 0 Å². The standard InChI is InChI=1S/C17H17N7S3/c1-2-4-12(5-3-1)18-16-21-22-17(27-16)26-14-7-6-13-19-20-15(24(13)23-14)11-8-9-25-10-11/h6-10,12H,1-5H2,(H,18,21). The van der Waals surface area contributed by atoms with E-state index in [0.717, 1.165) is 31.5 Å². The molecule has 0 radical (unpaired) electrons. The maximum absolute atomic E-state index is 4.69. The van der Waals surface area contributed by atoms with Gasteiger partial charge in [0.1, 0.15) is 5.03 Å². The Balaban J connectivity index is 1.35. The summed E-state index contributed by atoms with van der Waals surface area (Å²) in [6.07, 6.45) is 6.39. The number of nitrogens with one attached hydrogen (secondary N) is 1. The molecule has 1 aliphatic carbocycles. The van der Waals surface area contributed by atoms with E-state index in [1.807, 2.05) is 29.0 Å². The molecule has 1 aliphatic rings. The molecular weight excluding hydrogens is 398 g/mol. The first-order chi connectivity index (χ1) is 13.3. The van der Waals surface area contributed by atoms with Crippen molar-refractivity contribution in [1.29, 1.82) is 0 Å². The van der Waals surface area contributed by atoms with Gasteiger partial charge in [0.2, 0.25) is 5.13 Å². The van der Waals surface area contributed by atoms with Crippen molar-refractivity contribution >= 4 is 45.2 Å². The summed E-state index contributed by atoms with van der Waals surface area (Å²) in [5.41, 5.74) is 1.76. The van der Waals surface area contributed by atoms with Crippen molar-refractivity contribution in [3.8, 4) is 11.4 Å². The van der Waals surface area contributed by atoms with E-state index in [0.29, 0.717) is 6.04 Å². The monoisotopic (exact) mass is 415 g/mol. The fourth-order valence-electron chi connectivity index (χ4n) is 3.22. The Morgan fingerprint density at radius 3 is 2.81 bits per heavy atom. The predicted molar refractivity (Wildman–Crippen MR) is 109 cm³/mol. The fraction of sp³-hybridized carbons (Fsp3) is 0.353. The van der Waals surface area contributed by atoms with Crippen molar-refractivity contribution in [1.82, 2.24) is 30.0 Å². The van der Waals surface area contributed by atoms with Gasteiger partial charge in [-0.05, 0) is 48.2 Å². The van der Waals surface area contributed by atoms with E-state index in [9.17, 15) is 0 Å². The van der Waals surface area contributed by atoms with Crippen molar-refractivity contribution in [2.75, 3.05) is 5.32 Å². The molecule has 4 heterocycles. The molecule has 0 amide bonds. The third kappa shape index (κ3) is 3.69. The van der Waals surface area contributed by atoms with Gasteiger partial charge in [-0.15, -0.1) is 20.4 Å². The number of anilines is 1. The first kappa shape index (κ1) is 17.1. The van der Waals surface area contributed by atoms with Crippen LogP contribution in [0.3, 0.4) is 0 Å². The third-order valence-corrected chi connectivity index (χ3v) is 7.06. The molecule has 1 fully saturated rings. The number of fused-ring (bicyclic) bond motifs is 1. The smallest absolute Gasteiger partial charge is 0.206 e. The quantitative estimate of drug-likeness (QED) is 0.510. The van der Waals surface area contributed by atoms with Crippen LogP contribution in [0.15, 0.2) is 38.3 Å². The number of nitrogens with zero attached hydrogens (tertiary/aromatic N) is 6. The number of thiophene rings is 1. The van der Waals surface area contributed by atoms with Gasteiger partial charge in [-0.3, -0.25) is 0 Å². The second-order valence-electron chi connectivity index (χ2n) is 6.43. The van der Waals surface area contributed by atoms with Gasteiger partial charge in [-0.1, -0.05) is 30.6 Å². The minimum atomic E-state index is 0.532. The highest BCUT2D eigenvalue weighted by molar-refractivity contribution is 8.01. The summed E-state index contributed by atoms with van der Waals surface area (Å²) in [6, 6.07) is 6.43. The third-order valence-electron chi connectivity index (χ3n) is 4.55. The highest BCUT2D eigenvalue weighted by atomic mass is 32.2. The van der Waals surface area contributed by atoms with E-state index in [4.69, 9.17) is 0 Å². The molecule has 4 aromatic rings. The molecule has 138 valence electrons. The van der Waals surface area contributed by atoms with E-state index in [1.165, 1.54) is 43.9 Å². The first-order valence-corrected chi connectivity index (χ1v) is 11.5. The van der Waals surface area contributed by atoms with Crippen LogP contribution in [-0.4, -0.2) is 36.1 Å². The van der Waals surface area contributed by atoms with E-state index in [1.54, 1.807) is 27.2 Å². The van der Waals surface area contributed by atoms with Crippen LogP contribution in [-0.2, 0) is 0 Å². The fourth-order valence-corrected chi connectivity index (χ4v) is 5.59. The number of aromatic nitrogens is 6. The summed E-state index contributed by atoms with van der Waals surface area (Å²) in [4.78, 5) is 0. The van der Waals surface area contributed by atoms with Crippen LogP contribution in [0.5, 0.6) is 0 Å². The zero-order chi connectivity index (χ0) is 18.1. The van der Waals surface area contributed by atoms with Gasteiger partial charge in [0.25, 0.3) is 0 Å². The van der Waals surface area contributed by atoms with Crippen molar-refractivity contribution in [3.05, 3.63) is 29.0 Å². The second kappa shape index (κ2) is 7.53. The molecule has 1 N–H and O–H groups in total. The minimum Gasteiger partial charge on any atom is -0.357 e. The van der Waals surface area contributed by atoms with Gasteiger partial charge in [0.15, 0.2) is 15.8 Å². The molecule has 0 aliphatic heterocycles. The lowest BCUT2D eigenvalue weighted by molar-refractivity contribution is 0.462. The molecule has 10 heteroatoms. The number of hydrogen-bond acceptors (Lipinski definition) is 9. The topological polar surface area (TPSA) is 80.9 Å². The molecule has 4 aromatic heterocycles. The van der Waals surface area contributed by atoms with Crippen molar-refractivity contribution in [3.63, 3.8) is 0 Å². The van der Waals surface area contributed by atoms with Gasteiger partial charge in [0, 0.05) is 17.0 Å². The molecule has 0 bridgehead atoms. The predicted octanol–water partition coefficient (Wildman–Crippen LogP) is 4.60. The highest BCUT2D eigenvalue weighted by Crippen LogP contribution is 2.32. The summed E-state index contributed by atoms with van der Waals surface area (Å²) in [6.45, 7) is 0. The lowest BCUT2D eigenvalue weighted by Gasteiger charge is -2.21. The Bertz CT molecular complexity index is 1030. The molecule has 7 nitrogen and oxygen atoms in total. The van der Waals surface area contributed by atoms with Crippen molar-refractivity contribution in [2.24, 2.45) is 0 Å².